The van der Waals surface area contributed by atoms with Gasteiger partial charge in [0, 0.05) is 22.8 Å². The van der Waals surface area contributed by atoms with Crippen LogP contribution >= 0.6 is 23.5 Å². The molecule has 6 heteroatoms. The molecule has 0 amide bonds. The Morgan fingerprint density at radius 1 is 1.14 bits per heavy atom. The summed E-state index contributed by atoms with van der Waals surface area (Å²) in [6, 6.07) is 6.64. The van der Waals surface area contributed by atoms with Crippen LogP contribution in [-0.2, 0) is 0 Å². The van der Waals surface area contributed by atoms with Gasteiger partial charge in [0.15, 0.2) is 5.41 Å². The first-order chi connectivity index (χ1) is 10.7. The Balaban J connectivity index is 2.33. The van der Waals surface area contributed by atoms with Crippen LogP contribution in [0, 0.1) is 50.7 Å². The maximum atomic E-state index is 9.90. The van der Waals surface area contributed by atoms with E-state index in [1.165, 1.54) is 0 Å². The van der Waals surface area contributed by atoms with Crippen LogP contribution in [0.5, 0.6) is 0 Å². The van der Waals surface area contributed by atoms with E-state index in [0.29, 0.717) is 5.57 Å². The normalized spacial score (nSPS) is 28.8. The van der Waals surface area contributed by atoms with E-state index < -0.39 is 10.8 Å². The Bertz CT molecular complexity index is 666. The predicted molar refractivity (Wildman–Crippen MR) is 88.4 cm³/mol. The fourth-order valence-corrected chi connectivity index (χ4v) is 6.51. The number of thioether (sulfide) groups is 2. The van der Waals surface area contributed by atoms with Crippen LogP contribution < -0.4 is 5.73 Å². The Labute approximate surface area is 139 Å². The molecule has 1 unspecified atom stereocenters. The topological polar surface area (TPSA) is 97.4 Å². The van der Waals surface area contributed by atoms with Crippen LogP contribution in [0.25, 0.3) is 0 Å². The fraction of sp³-hybridized carbons (Fsp3) is 0.562. The van der Waals surface area contributed by atoms with Crippen LogP contribution in [0.1, 0.15) is 12.8 Å². The van der Waals surface area contributed by atoms with Crippen LogP contribution in [0.2, 0.25) is 0 Å². The van der Waals surface area contributed by atoms with Gasteiger partial charge in [-0.05, 0) is 29.9 Å². The zero-order valence-electron chi connectivity index (χ0n) is 12.1. The number of nitrogens with two attached hydrogens (primary N) is 1. The number of nitrogens with zero attached hydrogens (tertiary/aromatic N) is 3. The summed E-state index contributed by atoms with van der Waals surface area (Å²) in [5.74, 6) is 3.68. The van der Waals surface area contributed by atoms with E-state index in [1.807, 2.05) is 23.5 Å². The van der Waals surface area contributed by atoms with E-state index in [-0.39, 0.29) is 11.6 Å². The van der Waals surface area contributed by atoms with E-state index in [0.717, 1.165) is 41.4 Å². The molecule has 0 aromatic heterocycles. The first-order valence-electron chi connectivity index (χ1n) is 7.25. The second kappa shape index (κ2) is 5.58. The molecule has 1 fully saturated rings. The molecule has 0 saturated carbocycles. The highest BCUT2D eigenvalue weighted by molar-refractivity contribution is 7.99. The number of hydrogen-bond donors (Lipinski definition) is 1. The van der Waals surface area contributed by atoms with Gasteiger partial charge in [-0.1, -0.05) is 6.08 Å². The lowest BCUT2D eigenvalue weighted by Crippen LogP contribution is -2.55. The minimum atomic E-state index is -1.38. The lowest BCUT2D eigenvalue weighted by atomic mass is 9.49. The van der Waals surface area contributed by atoms with Gasteiger partial charge in [-0.2, -0.15) is 39.3 Å². The Kier molecular flexibility index (Phi) is 3.89. The summed E-state index contributed by atoms with van der Waals surface area (Å²) in [7, 11) is 0. The monoisotopic (exact) mass is 328 g/mol. The van der Waals surface area contributed by atoms with Crippen molar-refractivity contribution < 1.29 is 0 Å². The van der Waals surface area contributed by atoms with E-state index in [2.05, 4.69) is 24.3 Å². The Morgan fingerprint density at radius 3 is 2.41 bits per heavy atom. The second-order valence-electron chi connectivity index (χ2n) is 5.89. The molecule has 3 aliphatic rings. The molecule has 4 nitrogen and oxygen atoms in total. The molecule has 0 aromatic carbocycles. The molecule has 1 atom stereocenters. The molecule has 0 bridgehead atoms. The van der Waals surface area contributed by atoms with Gasteiger partial charge >= 0.3 is 0 Å². The van der Waals surface area contributed by atoms with Crippen LogP contribution in [0.3, 0.4) is 0 Å². The van der Waals surface area contributed by atoms with Gasteiger partial charge in [-0.3, -0.25) is 0 Å². The fourth-order valence-electron chi connectivity index (χ4n) is 4.12. The average Bonchev–Trinajstić information content (AvgIpc) is 2.58. The molecule has 2 heterocycles. The molecule has 0 aromatic rings. The molecular weight excluding hydrogens is 312 g/mol. The van der Waals surface area contributed by atoms with Crippen molar-refractivity contribution in [2.45, 2.75) is 12.8 Å². The quantitative estimate of drug-likeness (QED) is 0.734. The maximum absolute atomic E-state index is 9.90. The van der Waals surface area contributed by atoms with Crippen molar-refractivity contribution in [1.82, 2.24) is 0 Å². The van der Waals surface area contributed by atoms with Crippen molar-refractivity contribution in [2.24, 2.45) is 22.5 Å². The van der Waals surface area contributed by atoms with E-state index in [9.17, 15) is 15.8 Å². The summed E-state index contributed by atoms with van der Waals surface area (Å²) in [5, 5.41) is 29.4. The van der Waals surface area contributed by atoms with Crippen molar-refractivity contribution in [3.8, 4) is 18.2 Å². The summed E-state index contributed by atoms with van der Waals surface area (Å²) >= 11 is 3.67. The molecular formula is C16H16N4S2. The van der Waals surface area contributed by atoms with Gasteiger partial charge < -0.3 is 5.73 Å². The van der Waals surface area contributed by atoms with Crippen LogP contribution in [0.15, 0.2) is 22.9 Å². The van der Waals surface area contributed by atoms with E-state index >= 15 is 0 Å². The zero-order valence-corrected chi connectivity index (χ0v) is 13.8. The Morgan fingerprint density at radius 2 is 1.82 bits per heavy atom. The summed E-state index contributed by atoms with van der Waals surface area (Å²) in [6.45, 7) is 0. The molecule has 0 radical (unpaired) electrons. The SMILES string of the molecule is N#CC1=C(N)C(C#N)(C#N)C2(CCSCC2)C2CSCC=C12. The van der Waals surface area contributed by atoms with Crippen molar-refractivity contribution in [3.05, 3.63) is 22.9 Å². The molecule has 112 valence electrons. The molecule has 22 heavy (non-hydrogen) atoms. The smallest absolute Gasteiger partial charge is 0.190 e. The van der Waals surface area contributed by atoms with Gasteiger partial charge in [0.2, 0.25) is 0 Å². The number of allylic oxidation sites excluding steroid dienone is 3. The maximum Gasteiger partial charge on any atom is 0.190 e. The predicted octanol–water partition coefficient (Wildman–Crippen LogP) is 2.57. The van der Waals surface area contributed by atoms with Crippen LogP contribution in [0.4, 0.5) is 0 Å². The highest BCUT2D eigenvalue weighted by Gasteiger charge is 2.63. The largest absolute Gasteiger partial charge is 0.399 e. The number of rotatable bonds is 0. The Hall–Kier alpha value is -1.55. The van der Waals surface area contributed by atoms with Gasteiger partial charge in [0.05, 0.1) is 23.4 Å². The minimum absolute atomic E-state index is 0.0772. The highest BCUT2D eigenvalue weighted by atomic mass is 32.2. The summed E-state index contributed by atoms with van der Waals surface area (Å²) < 4.78 is 0. The second-order valence-corrected chi connectivity index (χ2v) is 8.19. The van der Waals surface area contributed by atoms with E-state index in [4.69, 9.17) is 5.73 Å². The van der Waals surface area contributed by atoms with Gasteiger partial charge in [-0.25, -0.2) is 0 Å². The first kappa shape index (κ1) is 15.3. The first-order valence-corrected chi connectivity index (χ1v) is 9.56. The third kappa shape index (κ3) is 1.76. The zero-order chi connectivity index (χ0) is 15.8. The lowest BCUT2D eigenvalue weighted by Gasteiger charge is -2.54. The lowest BCUT2D eigenvalue weighted by molar-refractivity contribution is 0.0884. The number of fused-ring (bicyclic) bond motifs is 2. The van der Waals surface area contributed by atoms with E-state index in [1.54, 1.807) is 0 Å². The molecule has 1 spiro atoms. The van der Waals surface area contributed by atoms with Gasteiger partial charge in [-0.15, -0.1) is 0 Å². The minimum Gasteiger partial charge on any atom is -0.399 e. The molecule has 1 saturated heterocycles. The summed E-state index contributed by atoms with van der Waals surface area (Å²) in [6.07, 6.45) is 3.69. The molecule has 2 N–H and O–H groups in total. The van der Waals surface area contributed by atoms with Crippen LogP contribution in [-0.4, -0.2) is 23.0 Å². The summed E-state index contributed by atoms with van der Waals surface area (Å²) in [4.78, 5) is 0. The molecule has 1 aliphatic carbocycles. The van der Waals surface area contributed by atoms with Crippen molar-refractivity contribution >= 4 is 23.5 Å². The molecule has 3 rings (SSSR count). The van der Waals surface area contributed by atoms with Gasteiger partial charge in [0.25, 0.3) is 0 Å². The number of hydrogen-bond acceptors (Lipinski definition) is 6. The standard InChI is InChI=1S/C16H16N4S2/c17-7-12-11-1-4-22-8-13(11)15(2-5-21-6-3-15)16(9-18,10-19)14(12)20/h1,13H,2-6,8,20H2. The van der Waals surface area contributed by atoms with Crippen molar-refractivity contribution in [1.29, 1.82) is 15.8 Å². The summed E-state index contributed by atoms with van der Waals surface area (Å²) in [5.41, 5.74) is 5.96. The average molecular weight is 328 g/mol. The van der Waals surface area contributed by atoms with Crippen molar-refractivity contribution in [2.75, 3.05) is 23.0 Å². The third-order valence-electron chi connectivity index (χ3n) is 5.29. The van der Waals surface area contributed by atoms with Gasteiger partial charge in [0.1, 0.15) is 6.07 Å². The molecule has 2 aliphatic heterocycles. The van der Waals surface area contributed by atoms with Crippen molar-refractivity contribution in [3.63, 3.8) is 0 Å². The number of nitriles is 3. The third-order valence-corrected chi connectivity index (χ3v) is 7.25. The highest BCUT2D eigenvalue weighted by Crippen LogP contribution is 2.63.